The first kappa shape index (κ1) is 15.2. The van der Waals surface area contributed by atoms with E-state index in [-0.39, 0.29) is 5.91 Å². The van der Waals surface area contributed by atoms with E-state index in [4.69, 9.17) is 0 Å². The average Bonchev–Trinajstić information content (AvgIpc) is 3.10. The zero-order valence-electron chi connectivity index (χ0n) is 13.3. The van der Waals surface area contributed by atoms with Crippen LogP contribution in [0.4, 0.5) is 0 Å². The molecule has 0 aromatic carbocycles. The Labute approximate surface area is 132 Å². The molecule has 5 nitrogen and oxygen atoms in total. The fourth-order valence-electron chi connectivity index (χ4n) is 3.31. The minimum Gasteiger partial charge on any atom is -0.336 e. The average molecular weight is 300 g/mol. The molecule has 5 heteroatoms. The van der Waals surface area contributed by atoms with Crippen LogP contribution in [0.15, 0.2) is 29.7 Å². The highest BCUT2D eigenvalue weighted by Gasteiger charge is 2.24. The Morgan fingerprint density at radius 3 is 2.50 bits per heavy atom. The lowest BCUT2D eigenvalue weighted by atomic mass is 10.1. The van der Waals surface area contributed by atoms with Crippen LogP contribution in [0.2, 0.25) is 0 Å². The predicted octanol–water partition coefficient (Wildman–Crippen LogP) is 2.01. The van der Waals surface area contributed by atoms with E-state index >= 15 is 0 Å². The van der Waals surface area contributed by atoms with Gasteiger partial charge in [-0.1, -0.05) is 5.57 Å². The van der Waals surface area contributed by atoms with Crippen molar-refractivity contribution in [3.8, 4) is 0 Å². The first-order valence-corrected chi connectivity index (χ1v) is 8.19. The van der Waals surface area contributed by atoms with Gasteiger partial charge >= 0.3 is 0 Å². The SMILES string of the molecule is CC(C(=O)N1CCN(Cc2cnccn2)CC1)=C1CCCC1. The largest absolute Gasteiger partial charge is 0.336 e. The van der Waals surface area contributed by atoms with Gasteiger partial charge in [-0.3, -0.25) is 19.7 Å². The first-order chi connectivity index (χ1) is 10.7. The predicted molar refractivity (Wildman–Crippen MR) is 85.1 cm³/mol. The van der Waals surface area contributed by atoms with Crippen molar-refractivity contribution < 1.29 is 4.79 Å². The molecule has 1 saturated carbocycles. The normalized spacial score (nSPS) is 19.5. The summed E-state index contributed by atoms with van der Waals surface area (Å²) in [6.45, 7) is 6.26. The third kappa shape index (κ3) is 3.53. The second kappa shape index (κ2) is 7.01. The number of hydrogen-bond acceptors (Lipinski definition) is 4. The van der Waals surface area contributed by atoms with Crippen LogP contribution in [0.1, 0.15) is 38.3 Å². The van der Waals surface area contributed by atoms with Gasteiger partial charge in [0.05, 0.1) is 5.69 Å². The van der Waals surface area contributed by atoms with Gasteiger partial charge in [0.15, 0.2) is 0 Å². The summed E-state index contributed by atoms with van der Waals surface area (Å²) < 4.78 is 0. The number of amides is 1. The maximum atomic E-state index is 12.6. The molecule has 118 valence electrons. The zero-order chi connectivity index (χ0) is 15.4. The number of rotatable bonds is 3. The van der Waals surface area contributed by atoms with Gasteiger partial charge in [-0.05, 0) is 32.6 Å². The molecule has 0 N–H and O–H groups in total. The third-order valence-corrected chi connectivity index (χ3v) is 4.72. The van der Waals surface area contributed by atoms with Gasteiger partial charge in [-0.15, -0.1) is 0 Å². The topological polar surface area (TPSA) is 49.3 Å². The Hall–Kier alpha value is -1.75. The summed E-state index contributed by atoms with van der Waals surface area (Å²) in [6.07, 6.45) is 9.95. The van der Waals surface area contributed by atoms with Gasteiger partial charge < -0.3 is 4.90 Å². The second-order valence-electron chi connectivity index (χ2n) is 6.20. The standard InChI is InChI=1S/C17H24N4O/c1-14(15-4-2-3-5-15)17(22)21-10-8-20(9-11-21)13-16-12-18-6-7-19-16/h6-7,12H,2-5,8-11,13H2,1H3. The fourth-order valence-corrected chi connectivity index (χ4v) is 3.31. The highest BCUT2D eigenvalue weighted by Crippen LogP contribution is 2.27. The van der Waals surface area contributed by atoms with E-state index in [0.717, 1.165) is 56.8 Å². The second-order valence-corrected chi connectivity index (χ2v) is 6.20. The van der Waals surface area contributed by atoms with Crippen molar-refractivity contribution in [2.24, 2.45) is 0 Å². The minimum atomic E-state index is 0.246. The lowest BCUT2D eigenvalue weighted by Crippen LogP contribution is -2.48. The monoisotopic (exact) mass is 300 g/mol. The first-order valence-electron chi connectivity index (χ1n) is 8.19. The molecular formula is C17H24N4O. The molecule has 1 aliphatic heterocycles. The number of hydrogen-bond donors (Lipinski definition) is 0. The number of aromatic nitrogens is 2. The molecule has 0 bridgehead atoms. The molecule has 0 atom stereocenters. The van der Waals surface area contributed by atoms with Gasteiger partial charge in [0.1, 0.15) is 0 Å². The molecule has 1 aromatic rings. The van der Waals surface area contributed by atoms with Crippen LogP contribution in [0, 0.1) is 0 Å². The highest BCUT2D eigenvalue weighted by molar-refractivity contribution is 5.93. The summed E-state index contributed by atoms with van der Waals surface area (Å²) in [4.78, 5) is 25.3. The Bertz CT molecular complexity index is 539. The summed E-state index contributed by atoms with van der Waals surface area (Å²) in [6, 6.07) is 0. The molecule has 22 heavy (non-hydrogen) atoms. The Kier molecular flexibility index (Phi) is 4.83. The lowest BCUT2D eigenvalue weighted by molar-refractivity contribution is -0.128. The molecule has 1 aliphatic carbocycles. The Balaban J connectivity index is 1.53. The molecule has 0 spiro atoms. The molecule has 1 saturated heterocycles. The van der Waals surface area contributed by atoms with Crippen LogP contribution >= 0.6 is 0 Å². The van der Waals surface area contributed by atoms with E-state index in [1.165, 1.54) is 18.4 Å². The van der Waals surface area contributed by atoms with Crippen molar-refractivity contribution in [2.45, 2.75) is 39.2 Å². The van der Waals surface area contributed by atoms with Gasteiger partial charge in [0.25, 0.3) is 0 Å². The van der Waals surface area contributed by atoms with Crippen LogP contribution in [-0.2, 0) is 11.3 Å². The molecule has 0 unspecified atom stereocenters. The van der Waals surface area contributed by atoms with E-state index in [1.54, 1.807) is 12.4 Å². The van der Waals surface area contributed by atoms with Gasteiger partial charge in [0.2, 0.25) is 5.91 Å². The van der Waals surface area contributed by atoms with E-state index in [1.807, 2.05) is 18.0 Å². The van der Waals surface area contributed by atoms with Crippen molar-refractivity contribution in [2.75, 3.05) is 26.2 Å². The van der Waals surface area contributed by atoms with Crippen molar-refractivity contribution in [3.63, 3.8) is 0 Å². The molecule has 0 radical (unpaired) electrons. The van der Waals surface area contributed by atoms with E-state index in [2.05, 4.69) is 14.9 Å². The number of piperazine rings is 1. The number of carbonyl (C=O) groups excluding carboxylic acids is 1. The van der Waals surface area contributed by atoms with Crippen LogP contribution < -0.4 is 0 Å². The molecular weight excluding hydrogens is 276 g/mol. The summed E-state index contributed by atoms with van der Waals surface area (Å²) in [5, 5.41) is 0. The van der Waals surface area contributed by atoms with Crippen LogP contribution in [0.25, 0.3) is 0 Å². The number of nitrogens with zero attached hydrogens (tertiary/aromatic N) is 4. The molecule has 2 heterocycles. The van der Waals surface area contributed by atoms with Crippen LogP contribution in [-0.4, -0.2) is 51.9 Å². The zero-order valence-corrected chi connectivity index (χ0v) is 13.3. The summed E-state index contributed by atoms with van der Waals surface area (Å²) in [5.41, 5.74) is 3.37. The van der Waals surface area contributed by atoms with Gasteiger partial charge in [0, 0.05) is 56.9 Å². The van der Waals surface area contributed by atoms with Crippen LogP contribution in [0.3, 0.4) is 0 Å². The molecule has 3 rings (SSSR count). The summed E-state index contributed by atoms with van der Waals surface area (Å²) in [5.74, 6) is 0.246. The summed E-state index contributed by atoms with van der Waals surface area (Å²) in [7, 11) is 0. The highest BCUT2D eigenvalue weighted by atomic mass is 16.2. The third-order valence-electron chi connectivity index (χ3n) is 4.72. The van der Waals surface area contributed by atoms with Crippen molar-refractivity contribution in [1.82, 2.24) is 19.8 Å². The summed E-state index contributed by atoms with van der Waals surface area (Å²) >= 11 is 0. The Morgan fingerprint density at radius 2 is 1.86 bits per heavy atom. The lowest BCUT2D eigenvalue weighted by Gasteiger charge is -2.34. The number of allylic oxidation sites excluding steroid dienone is 1. The van der Waals surface area contributed by atoms with Crippen molar-refractivity contribution >= 4 is 5.91 Å². The fraction of sp³-hybridized carbons (Fsp3) is 0.588. The van der Waals surface area contributed by atoms with E-state index in [0.29, 0.717) is 0 Å². The maximum absolute atomic E-state index is 12.6. The van der Waals surface area contributed by atoms with Crippen molar-refractivity contribution in [3.05, 3.63) is 35.4 Å². The quantitative estimate of drug-likeness (QED) is 0.801. The van der Waals surface area contributed by atoms with E-state index in [9.17, 15) is 4.79 Å². The van der Waals surface area contributed by atoms with Gasteiger partial charge in [-0.25, -0.2) is 0 Å². The van der Waals surface area contributed by atoms with Crippen molar-refractivity contribution in [1.29, 1.82) is 0 Å². The smallest absolute Gasteiger partial charge is 0.249 e. The van der Waals surface area contributed by atoms with Crippen LogP contribution in [0.5, 0.6) is 0 Å². The maximum Gasteiger partial charge on any atom is 0.249 e. The molecule has 1 aromatic heterocycles. The molecule has 2 aliphatic rings. The molecule has 2 fully saturated rings. The van der Waals surface area contributed by atoms with Gasteiger partial charge in [-0.2, -0.15) is 0 Å². The Morgan fingerprint density at radius 1 is 1.14 bits per heavy atom. The molecule has 1 amide bonds. The van der Waals surface area contributed by atoms with E-state index < -0.39 is 0 Å². The number of carbonyl (C=O) groups is 1. The minimum absolute atomic E-state index is 0.246.